The summed E-state index contributed by atoms with van der Waals surface area (Å²) in [5.74, 6) is 0. The molecule has 6 heteroatoms. The van der Waals surface area contributed by atoms with Crippen molar-refractivity contribution in [2.75, 3.05) is 0 Å². The maximum absolute atomic E-state index is 12.2. The summed E-state index contributed by atoms with van der Waals surface area (Å²) in [6.45, 7) is 2.18. The summed E-state index contributed by atoms with van der Waals surface area (Å²) >= 11 is 0. The lowest BCUT2D eigenvalue weighted by molar-refractivity contribution is 0.591. The summed E-state index contributed by atoms with van der Waals surface area (Å²) < 4.78 is 26.9. The van der Waals surface area contributed by atoms with Crippen LogP contribution in [0.25, 0.3) is 17.3 Å². The van der Waals surface area contributed by atoms with Crippen LogP contribution >= 0.6 is 0 Å². The van der Waals surface area contributed by atoms with Gasteiger partial charge in [0.1, 0.15) is 0 Å². The van der Waals surface area contributed by atoms with Gasteiger partial charge in [0.2, 0.25) is 10.0 Å². The molecule has 2 heterocycles. The van der Waals surface area contributed by atoms with E-state index in [1.54, 1.807) is 30.7 Å². The lowest BCUT2D eigenvalue weighted by Crippen LogP contribution is -2.20. The smallest absolute Gasteiger partial charge is 0.234 e. The first kappa shape index (κ1) is 18.0. The molecule has 5 nitrogen and oxygen atoms in total. The zero-order valence-electron chi connectivity index (χ0n) is 14.3. The molecule has 0 atom stereocenters. The molecule has 0 bridgehead atoms. The molecular weight excluding hydrogens is 346 g/mol. The van der Waals surface area contributed by atoms with E-state index < -0.39 is 10.0 Å². The number of aryl methyl sites for hydroxylation is 1. The van der Waals surface area contributed by atoms with Crippen molar-refractivity contribution in [3.63, 3.8) is 0 Å². The van der Waals surface area contributed by atoms with Crippen LogP contribution < -0.4 is 4.72 Å². The van der Waals surface area contributed by atoms with Crippen molar-refractivity contribution in [1.82, 2.24) is 14.7 Å². The van der Waals surface area contributed by atoms with Crippen molar-refractivity contribution in [3.05, 3.63) is 89.2 Å². The lowest BCUT2D eigenvalue weighted by Gasteiger charge is -2.06. The molecule has 3 aromatic rings. The first-order chi connectivity index (χ1) is 12.5. The van der Waals surface area contributed by atoms with Gasteiger partial charge in [-0.25, -0.2) is 13.1 Å². The van der Waals surface area contributed by atoms with E-state index in [1.807, 2.05) is 49.4 Å². The normalized spacial score (nSPS) is 11.7. The van der Waals surface area contributed by atoms with Crippen LogP contribution in [0.4, 0.5) is 0 Å². The van der Waals surface area contributed by atoms with Crippen LogP contribution in [0.15, 0.2) is 72.5 Å². The molecule has 0 spiro atoms. The van der Waals surface area contributed by atoms with Gasteiger partial charge in [-0.1, -0.05) is 29.8 Å². The summed E-state index contributed by atoms with van der Waals surface area (Å²) in [4.78, 5) is 8.38. The molecule has 0 saturated carbocycles. The van der Waals surface area contributed by atoms with Crippen LogP contribution in [0.3, 0.4) is 0 Å². The molecule has 132 valence electrons. The fraction of sp³-hybridized carbons (Fsp3) is 0.100. The Labute approximate surface area is 153 Å². The van der Waals surface area contributed by atoms with Gasteiger partial charge in [-0.05, 0) is 48.4 Å². The van der Waals surface area contributed by atoms with Crippen molar-refractivity contribution in [2.45, 2.75) is 13.5 Å². The van der Waals surface area contributed by atoms with E-state index in [9.17, 15) is 8.42 Å². The lowest BCUT2D eigenvalue weighted by atomic mass is 10.1. The molecule has 0 aliphatic rings. The minimum absolute atomic E-state index is 0.191. The Balaban J connectivity index is 1.67. The highest BCUT2D eigenvalue weighted by molar-refractivity contribution is 7.92. The van der Waals surface area contributed by atoms with E-state index in [2.05, 4.69) is 14.7 Å². The molecule has 0 amide bonds. The standard InChI is InChI=1S/C20H19N3O2S/c1-16-4-6-17(7-5-16)9-12-26(24,25)23-14-18-8-11-22-20(13-18)19-3-2-10-21-15-19/h2-13,15,23H,14H2,1H3/b12-9+. The van der Waals surface area contributed by atoms with E-state index in [0.29, 0.717) is 0 Å². The molecule has 1 N–H and O–H groups in total. The van der Waals surface area contributed by atoms with Crippen LogP contribution in [-0.2, 0) is 16.6 Å². The van der Waals surface area contributed by atoms with Gasteiger partial charge >= 0.3 is 0 Å². The highest BCUT2D eigenvalue weighted by Gasteiger charge is 2.06. The first-order valence-corrected chi connectivity index (χ1v) is 9.66. The Morgan fingerprint density at radius 2 is 1.88 bits per heavy atom. The fourth-order valence-electron chi connectivity index (χ4n) is 2.33. The van der Waals surface area contributed by atoms with Crippen LogP contribution in [0.5, 0.6) is 0 Å². The van der Waals surface area contributed by atoms with Crippen LogP contribution in [0, 0.1) is 6.92 Å². The Kier molecular flexibility index (Phi) is 5.55. The number of hydrogen-bond donors (Lipinski definition) is 1. The van der Waals surface area contributed by atoms with Gasteiger partial charge in [-0.3, -0.25) is 9.97 Å². The van der Waals surface area contributed by atoms with Gasteiger partial charge < -0.3 is 0 Å². The van der Waals surface area contributed by atoms with Crippen LogP contribution in [-0.4, -0.2) is 18.4 Å². The Bertz CT molecular complexity index is 999. The molecule has 0 fully saturated rings. The van der Waals surface area contributed by atoms with Gasteiger partial charge in [0.15, 0.2) is 0 Å². The third-order valence-electron chi connectivity index (χ3n) is 3.78. The topological polar surface area (TPSA) is 72.0 Å². The van der Waals surface area contributed by atoms with Crippen molar-refractivity contribution >= 4 is 16.1 Å². The molecule has 3 rings (SSSR count). The van der Waals surface area contributed by atoms with Crippen LogP contribution in [0.2, 0.25) is 0 Å². The molecule has 2 aromatic heterocycles. The molecule has 0 aliphatic carbocycles. The van der Waals surface area contributed by atoms with E-state index in [-0.39, 0.29) is 6.54 Å². The maximum atomic E-state index is 12.2. The van der Waals surface area contributed by atoms with Gasteiger partial charge in [0.25, 0.3) is 0 Å². The predicted octanol–water partition coefficient (Wildman–Crippen LogP) is 3.54. The Morgan fingerprint density at radius 1 is 1.08 bits per heavy atom. The highest BCUT2D eigenvalue weighted by atomic mass is 32.2. The fourth-order valence-corrected chi connectivity index (χ4v) is 3.13. The first-order valence-electron chi connectivity index (χ1n) is 8.12. The number of nitrogens with zero attached hydrogens (tertiary/aromatic N) is 2. The summed E-state index contributed by atoms with van der Waals surface area (Å²) in [6, 6.07) is 15.0. The molecular formula is C20H19N3O2S. The second-order valence-corrected chi connectivity index (χ2v) is 7.52. The van der Waals surface area contributed by atoms with E-state index >= 15 is 0 Å². The molecule has 0 saturated heterocycles. The third kappa shape index (κ3) is 5.08. The maximum Gasteiger partial charge on any atom is 0.234 e. The van der Waals surface area contributed by atoms with E-state index in [1.165, 1.54) is 5.41 Å². The molecule has 1 aromatic carbocycles. The van der Waals surface area contributed by atoms with Gasteiger partial charge in [-0.15, -0.1) is 0 Å². The third-order valence-corrected chi connectivity index (χ3v) is 4.82. The molecule has 0 radical (unpaired) electrons. The number of sulfonamides is 1. The number of pyridine rings is 2. The number of rotatable bonds is 6. The summed E-state index contributed by atoms with van der Waals surface area (Å²) in [7, 11) is -3.53. The predicted molar refractivity (Wildman–Crippen MR) is 103 cm³/mol. The van der Waals surface area contributed by atoms with E-state index in [0.717, 1.165) is 27.9 Å². The summed E-state index contributed by atoms with van der Waals surface area (Å²) in [5.41, 5.74) is 4.43. The Morgan fingerprint density at radius 3 is 2.62 bits per heavy atom. The second kappa shape index (κ2) is 8.03. The molecule has 0 unspecified atom stereocenters. The number of aromatic nitrogens is 2. The monoisotopic (exact) mass is 365 g/mol. The summed E-state index contributed by atoms with van der Waals surface area (Å²) in [6.07, 6.45) is 6.66. The Hall–Kier alpha value is -2.83. The average Bonchev–Trinajstić information content (AvgIpc) is 2.67. The highest BCUT2D eigenvalue weighted by Crippen LogP contribution is 2.16. The average molecular weight is 365 g/mol. The van der Waals surface area contributed by atoms with Crippen molar-refractivity contribution in [2.24, 2.45) is 0 Å². The number of nitrogens with one attached hydrogen (secondary N) is 1. The number of benzene rings is 1. The zero-order valence-corrected chi connectivity index (χ0v) is 15.1. The van der Waals surface area contributed by atoms with Crippen molar-refractivity contribution in [1.29, 1.82) is 0 Å². The molecule has 0 aliphatic heterocycles. The summed E-state index contributed by atoms with van der Waals surface area (Å²) in [5, 5.41) is 1.18. The van der Waals surface area contributed by atoms with Gasteiger partial charge in [0.05, 0.1) is 5.69 Å². The van der Waals surface area contributed by atoms with Gasteiger partial charge in [0, 0.05) is 36.1 Å². The minimum atomic E-state index is -3.53. The zero-order chi connectivity index (χ0) is 18.4. The SMILES string of the molecule is Cc1ccc(/C=C/S(=O)(=O)NCc2ccnc(-c3cccnc3)c2)cc1. The minimum Gasteiger partial charge on any atom is -0.264 e. The second-order valence-electron chi connectivity index (χ2n) is 5.87. The molecule has 26 heavy (non-hydrogen) atoms. The van der Waals surface area contributed by atoms with E-state index in [4.69, 9.17) is 0 Å². The van der Waals surface area contributed by atoms with Crippen molar-refractivity contribution < 1.29 is 8.42 Å². The quantitative estimate of drug-likeness (QED) is 0.725. The van der Waals surface area contributed by atoms with Crippen molar-refractivity contribution in [3.8, 4) is 11.3 Å². The van der Waals surface area contributed by atoms with Gasteiger partial charge in [-0.2, -0.15) is 0 Å². The van der Waals surface area contributed by atoms with Crippen LogP contribution in [0.1, 0.15) is 16.7 Å². The number of hydrogen-bond acceptors (Lipinski definition) is 4. The largest absolute Gasteiger partial charge is 0.264 e.